The molecule has 1 heterocycles. The molecule has 0 aliphatic heterocycles. The van der Waals surface area contributed by atoms with Crippen LogP contribution < -0.4 is 5.73 Å². The highest BCUT2D eigenvalue weighted by molar-refractivity contribution is 9.10. The fraction of sp³-hybridized carbons (Fsp3) is 0.333. The third kappa shape index (κ3) is 1.82. The van der Waals surface area contributed by atoms with E-state index in [-0.39, 0.29) is 0 Å². The van der Waals surface area contributed by atoms with Gasteiger partial charge >= 0.3 is 0 Å². The Hall–Kier alpha value is -0.800. The second kappa shape index (κ2) is 4.37. The quantitative estimate of drug-likeness (QED) is 0.881. The molecule has 3 heteroatoms. The highest BCUT2D eigenvalue weighted by atomic mass is 79.9. The average molecular weight is 267 g/mol. The van der Waals surface area contributed by atoms with Crippen LogP contribution in [0.3, 0.4) is 0 Å². The van der Waals surface area contributed by atoms with Gasteiger partial charge in [0.05, 0.1) is 0 Å². The largest absolute Gasteiger partial charge is 0.358 e. The van der Waals surface area contributed by atoms with Gasteiger partial charge in [0.25, 0.3) is 0 Å². The Morgan fingerprint density at radius 1 is 1.40 bits per heavy atom. The van der Waals surface area contributed by atoms with Crippen LogP contribution >= 0.6 is 15.9 Å². The van der Waals surface area contributed by atoms with Gasteiger partial charge in [-0.25, -0.2) is 0 Å². The van der Waals surface area contributed by atoms with Crippen molar-refractivity contribution in [3.8, 4) is 0 Å². The molecule has 0 unspecified atom stereocenters. The van der Waals surface area contributed by atoms with E-state index in [1.165, 1.54) is 22.2 Å². The first-order valence-corrected chi connectivity index (χ1v) is 6.05. The fourth-order valence-electron chi connectivity index (χ4n) is 2.05. The van der Waals surface area contributed by atoms with Gasteiger partial charge in [-0.15, -0.1) is 0 Å². The van der Waals surface area contributed by atoms with Crippen molar-refractivity contribution < 1.29 is 0 Å². The second-order valence-electron chi connectivity index (χ2n) is 3.64. The van der Waals surface area contributed by atoms with Crippen molar-refractivity contribution in [2.45, 2.75) is 19.8 Å². The molecule has 0 spiro atoms. The Labute approximate surface area is 98.0 Å². The molecule has 0 aliphatic rings. The van der Waals surface area contributed by atoms with E-state index in [4.69, 9.17) is 5.73 Å². The summed E-state index contributed by atoms with van der Waals surface area (Å²) in [7, 11) is 0. The maximum absolute atomic E-state index is 5.66. The first-order valence-electron chi connectivity index (χ1n) is 5.26. The van der Waals surface area contributed by atoms with E-state index >= 15 is 0 Å². The van der Waals surface area contributed by atoms with E-state index in [0.29, 0.717) is 6.54 Å². The van der Waals surface area contributed by atoms with Gasteiger partial charge in [-0.1, -0.05) is 28.9 Å². The molecular weight excluding hydrogens is 252 g/mol. The van der Waals surface area contributed by atoms with E-state index in [1.54, 1.807) is 0 Å². The Kier molecular flexibility index (Phi) is 3.12. The van der Waals surface area contributed by atoms with Gasteiger partial charge in [-0.3, -0.25) is 0 Å². The van der Waals surface area contributed by atoms with Crippen LogP contribution in [-0.2, 0) is 12.8 Å². The first-order chi connectivity index (χ1) is 7.27. The molecule has 0 fully saturated rings. The Morgan fingerprint density at radius 2 is 2.20 bits per heavy atom. The zero-order chi connectivity index (χ0) is 10.8. The minimum absolute atomic E-state index is 0.696. The van der Waals surface area contributed by atoms with Crippen molar-refractivity contribution in [1.29, 1.82) is 0 Å². The zero-order valence-electron chi connectivity index (χ0n) is 8.81. The molecule has 2 aromatic rings. The molecule has 80 valence electrons. The summed E-state index contributed by atoms with van der Waals surface area (Å²) in [6, 6.07) is 6.24. The smallest absolute Gasteiger partial charge is 0.0470 e. The SMILES string of the molecule is CCc1[nH]c2cccc(Br)c2c1CCN. The molecule has 1 aromatic heterocycles. The summed E-state index contributed by atoms with van der Waals surface area (Å²) in [6.07, 6.45) is 1.96. The van der Waals surface area contributed by atoms with Crippen LogP contribution in [0.15, 0.2) is 22.7 Å². The van der Waals surface area contributed by atoms with Crippen molar-refractivity contribution in [3.05, 3.63) is 33.9 Å². The van der Waals surface area contributed by atoms with Crippen LogP contribution in [0.4, 0.5) is 0 Å². The summed E-state index contributed by atoms with van der Waals surface area (Å²) >= 11 is 3.60. The van der Waals surface area contributed by atoms with Crippen LogP contribution in [0.2, 0.25) is 0 Å². The van der Waals surface area contributed by atoms with E-state index in [1.807, 2.05) is 0 Å². The standard InChI is InChI=1S/C12H15BrN2/c1-2-10-8(6-7-14)12-9(13)4-3-5-11(12)15-10/h3-5,15H,2,6-7,14H2,1H3. The lowest BCUT2D eigenvalue weighted by Gasteiger charge is -2.01. The van der Waals surface area contributed by atoms with Crippen molar-refractivity contribution in [2.75, 3.05) is 6.54 Å². The molecule has 0 atom stereocenters. The molecule has 0 amide bonds. The van der Waals surface area contributed by atoms with Crippen molar-refractivity contribution in [3.63, 3.8) is 0 Å². The lowest BCUT2D eigenvalue weighted by atomic mass is 10.1. The highest BCUT2D eigenvalue weighted by Gasteiger charge is 2.11. The van der Waals surface area contributed by atoms with Crippen molar-refractivity contribution in [1.82, 2.24) is 4.98 Å². The summed E-state index contributed by atoms with van der Waals surface area (Å²) in [5.74, 6) is 0. The van der Waals surface area contributed by atoms with Gasteiger partial charge < -0.3 is 10.7 Å². The Balaban J connectivity index is 2.70. The summed E-state index contributed by atoms with van der Waals surface area (Å²) in [6.45, 7) is 2.86. The minimum atomic E-state index is 0.696. The number of hydrogen-bond donors (Lipinski definition) is 2. The van der Waals surface area contributed by atoms with Gasteiger partial charge in [-0.05, 0) is 37.1 Å². The number of nitrogens with two attached hydrogens (primary N) is 1. The van der Waals surface area contributed by atoms with Crippen molar-refractivity contribution in [2.24, 2.45) is 5.73 Å². The molecular formula is C12H15BrN2. The number of fused-ring (bicyclic) bond motifs is 1. The molecule has 0 saturated heterocycles. The number of halogens is 1. The number of H-pyrrole nitrogens is 1. The summed E-state index contributed by atoms with van der Waals surface area (Å²) in [5, 5.41) is 1.29. The van der Waals surface area contributed by atoms with Crippen molar-refractivity contribution >= 4 is 26.8 Å². The number of aromatic nitrogens is 1. The summed E-state index contributed by atoms with van der Waals surface area (Å²) in [4.78, 5) is 3.45. The third-order valence-corrected chi connectivity index (χ3v) is 3.37. The lowest BCUT2D eigenvalue weighted by Crippen LogP contribution is -2.04. The van der Waals surface area contributed by atoms with Gasteiger partial charge in [0.15, 0.2) is 0 Å². The van der Waals surface area contributed by atoms with Crippen LogP contribution in [0, 0.1) is 0 Å². The second-order valence-corrected chi connectivity index (χ2v) is 4.49. The zero-order valence-corrected chi connectivity index (χ0v) is 10.4. The van der Waals surface area contributed by atoms with E-state index in [9.17, 15) is 0 Å². The molecule has 2 rings (SSSR count). The number of rotatable bonds is 3. The lowest BCUT2D eigenvalue weighted by molar-refractivity contribution is 0.936. The van der Waals surface area contributed by atoms with Crippen LogP contribution in [-0.4, -0.2) is 11.5 Å². The molecule has 15 heavy (non-hydrogen) atoms. The maximum Gasteiger partial charge on any atom is 0.0470 e. The fourth-order valence-corrected chi connectivity index (χ4v) is 2.65. The van der Waals surface area contributed by atoms with Crippen LogP contribution in [0.5, 0.6) is 0 Å². The normalized spacial score (nSPS) is 11.1. The third-order valence-electron chi connectivity index (χ3n) is 2.71. The predicted octanol–water partition coefficient (Wildman–Crippen LogP) is 2.99. The van der Waals surface area contributed by atoms with Crippen LogP contribution in [0.1, 0.15) is 18.2 Å². The Bertz CT molecular complexity index is 474. The molecule has 0 bridgehead atoms. The summed E-state index contributed by atoms with van der Waals surface area (Å²) in [5.41, 5.74) is 9.53. The van der Waals surface area contributed by atoms with E-state index in [2.05, 4.69) is 46.0 Å². The number of aromatic amines is 1. The average Bonchev–Trinajstić information content (AvgIpc) is 2.58. The van der Waals surface area contributed by atoms with E-state index in [0.717, 1.165) is 17.3 Å². The van der Waals surface area contributed by atoms with Gasteiger partial charge in [-0.2, -0.15) is 0 Å². The molecule has 3 N–H and O–H groups in total. The molecule has 0 radical (unpaired) electrons. The van der Waals surface area contributed by atoms with E-state index < -0.39 is 0 Å². The molecule has 2 nitrogen and oxygen atoms in total. The molecule has 1 aromatic carbocycles. The highest BCUT2D eigenvalue weighted by Crippen LogP contribution is 2.30. The first kappa shape index (κ1) is 10.7. The van der Waals surface area contributed by atoms with Gasteiger partial charge in [0.2, 0.25) is 0 Å². The summed E-state index contributed by atoms with van der Waals surface area (Å²) < 4.78 is 1.15. The monoisotopic (exact) mass is 266 g/mol. The number of benzene rings is 1. The number of aryl methyl sites for hydroxylation is 1. The topological polar surface area (TPSA) is 41.8 Å². The van der Waals surface area contributed by atoms with Crippen LogP contribution in [0.25, 0.3) is 10.9 Å². The van der Waals surface area contributed by atoms with Gasteiger partial charge in [0, 0.05) is 21.1 Å². The molecule has 0 aliphatic carbocycles. The Morgan fingerprint density at radius 3 is 2.87 bits per heavy atom. The minimum Gasteiger partial charge on any atom is -0.358 e. The maximum atomic E-state index is 5.66. The number of nitrogens with one attached hydrogen (secondary N) is 1. The predicted molar refractivity (Wildman–Crippen MR) is 68.1 cm³/mol. The number of hydrogen-bond acceptors (Lipinski definition) is 1. The molecule has 0 saturated carbocycles. The van der Waals surface area contributed by atoms with Gasteiger partial charge in [0.1, 0.15) is 0 Å².